The largest absolute Gasteiger partial charge is 0.447 e. The second-order valence-corrected chi connectivity index (χ2v) is 7.94. The predicted octanol–water partition coefficient (Wildman–Crippen LogP) is 5.25. The first-order valence-electron chi connectivity index (χ1n) is 10.0. The Bertz CT molecular complexity index is 1290. The molecule has 1 atom stereocenters. The van der Waals surface area contributed by atoms with E-state index in [2.05, 4.69) is 33.4 Å². The van der Waals surface area contributed by atoms with Gasteiger partial charge in [0.25, 0.3) is 0 Å². The molecular formula is C24H20N4O2S. The van der Waals surface area contributed by atoms with Crippen molar-refractivity contribution in [1.29, 1.82) is 0 Å². The Balaban J connectivity index is 1.76. The fourth-order valence-electron chi connectivity index (χ4n) is 3.82. The average molecular weight is 429 g/mol. The molecule has 1 amide bonds. The van der Waals surface area contributed by atoms with Gasteiger partial charge in [0.1, 0.15) is 0 Å². The van der Waals surface area contributed by atoms with Gasteiger partial charge in [0.05, 0.1) is 5.69 Å². The van der Waals surface area contributed by atoms with E-state index in [9.17, 15) is 4.79 Å². The number of hydrogen-bond acceptors (Lipinski definition) is 6. The molecule has 1 aliphatic heterocycles. The smallest absolute Gasteiger partial charge is 0.247 e. The summed E-state index contributed by atoms with van der Waals surface area (Å²) in [5, 5.41) is 11.3. The predicted molar refractivity (Wildman–Crippen MR) is 122 cm³/mol. The minimum Gasteiger partial charge on any atom is -0.447 e. The van der Waals surface area contributed by atoms with E-state index in [4.69, 9.17) is 4.74 Å². The number of carbonyl (C=O) groups excluding carboxylic acids is 1. The summed E-state index contributed by atoms with van der Waals surface area (Å²) < 4.78 is 6.43. The third kappa shape index (κ3) is 3.41. The number of ether oxygens (including phenoxy) is 1. The molecule has 31 heavy (non-hydrogen) atoms. The van der Waals surface area contributed by atoms with Gasteiger partial charge < -0.3 is 4.74 Å². The fraction of sp³-hybridized carbons (Fsp3) is 0.167. The summed E-state index contributed by atoms with van der Waals surface area (Å²) >= 11 is 1.39. The molecule has 5 rings (SSSR count). The molecule has 0 radical (unpaired) electrons. The van der Waals surface area contributed by atoms with Crippen molar-refractivity contribution in [3.63, 3.8) is 0 Å². The van der Waals surface area contributed by atoms with Crippen LogP contribution in [0, 0.1) is 0 Å². The van der Waals surface area contributed by atoms with E-state index in [0.29, 0.717) is 23.2 Å². The van der Waals surface area contributed by atoms with E-state index < -0.39 is 6.23 Å². The van der Waals surface area contributed by atoms with Crippen molar-refractivity contribution in [3.05, 3.63) is 72.3 Å². The Kier molecular flexibility index (Phi) is 5.03. The highest BCUT2D eigenvalue weighted by Gasteiger charge is 2.35. The van der Waals surface area contributed by atoms with Crippen LogP contribution in [0.1, 0.15) is 25.1 Å². The van der Waals surface area contributed by atoms with Gasteiger partial charge in [-0.2, -0.15) is 4.98 Å². The third-order valence-electron chi connectivity index (χ3n) is 5.32. The molecule has 4 aromatic rings. The van der Waals surface area contributed by atoms with Gasteiger partial charge in [-0.3, -0.25) is 9.69 Å². The van der Waals surface area contributed by atoms with Crippen LogP contribution < -0.4 is 9.64 Å². The number of hydrogen-bond donors (Lipinski definition) is 0. The third-order valence-corrected chi connectivity index (χ3v) is 5.86. The van der Waals surface area contributed by atoms with Crippen LogP contribution in [0.25, 0.3) is 22.0 Å². The van der Waals surface area contributed by atoms with Crippen molar-refractivity contribution in [1.82, 2.24) is 15.2 Å². The van der Waals surface area contributed by atoms with Crippen LogP contribution in [0.5, 0.6) is 5.88 Å². The molecule has 6 nitrogen and oxygen atoms in total. The number of fused-ring (bicyclic) bond motifs is 4. The summed E-state index contributed by atoms with van der Waals surface area (Å²) in [7, 11) is 0. The van der Waals surface area contributed by atoms with Crippen LogP contribution in [0.4, 0.5) is 5.69 Å². The molecule has 154 valence electrons. The molecule has 0 spiro atoms. The van der Waals surface area contributed by atoms with Crippen LogP contribution in [-0.4, -0.2) is 27.3 Å². The number of aromatic nitrogens is 3. The minimum absolute atomic E-state index is 0.0449. The van der Waals surface area contributed by atoms with E-state index in [-0.39, 0.29) is 5.91 Å². The van der Waals surface area contributed by atoms with E-state index in [0.717, 1.165) is 27.6 Å². The lowest BCUT2D eigenvalue weighted by atomic mass is 10.0. The summed E-state index contributed by atoms with van der Waals surface area (Å²) in [5.74, 6) is 0.327. The SMILES string of the molecule is CCC(=O)N1c2ccccc2-c2nnc(SC)nc2OC1c1ccc2ccccc2c1. The fourth-order valence-corrected chi connectivity index (χ4v) is 4.11. The van der Waals surface area contributed by atoms with Crippen molar-refractivity contribution in [2.75, 3.05) is 11.2 Å². The molecule has 1 unspecified atom stereocenters. The summed E-state index contributed by atoms with van der Waals surface area (Å²) in [5.41, 5.74) is 2.91. The number of amides is 1. The molecule has 0 N–H and O–H groups in total. The Morgan fingerprint density at radius 1 is 1.03 bits per heavy atom. The van der Waals surface area contributed by atoms with Crippen molar-refractivity contribution in [2.45, 2.75) is 24.7 Å². The maximum Gasteiger partial charge on any atom is 0.247 e. The monoisotopic (exact) mass is 428 g/mol. The number of benzene rings is 3. The standard InChI is InChI=1S/C24H20N4O2S/c1-3-20(29)28-19-11-7-6-10-18(19)21-22(25-24(31-2)27-26-21)30-23(28)17-13-12-15-8-4-5-9-16(15)14-17/h4-14,23H,3H2,1-2H3. The van der Waals surface area contributed by atoms with Crippen molar-refractivity contribution in [2.24, 2.45) is 0 Å². The Morgan fingerprint density at radius 2 is 1.81 bits per heavy atom. The Morgan fingerprint density at radius 3 is 2.61 bits per heavy atom. The summed E-state index contributed by atoms with van der Waals surface area (Å²) in [6, 6.07) is 21.9. The average Bonchev–Trinajstić information content (AvgIpc) is 2.97. The first kappa shape index (κ1) is 19.5. The van der Waals surface area contributed by atoms with Crippen molar-refractivity contribution < 1.29 is 9.53 Å². The number of anilines is 1. The van der Waals surface area contributed by atoms with Crippen LogP contribution in [0.15, 0.2) is 71.9 Å². The topological polar surface area (TPSA) is 68.2 Å². The van der Waals surface area contributed by atoms with Gasteiger partial charge in [-0.25, -0.2) is 0 Å². The zero-order valence-corrected chi connectivity index (χ0v) is 18.0. The van der Waals surface area contributed by atoms with Crippen molar-refractivity contribution >= 4 is 34.1 Å². The molecule has 7 heteroatoms. The van der Waals surface area contributed by atoms with E-state index >= 15 is 0 Å². The molecular weight excluding hydrogens is 408 g/mol. The number of carbonyl (C=O) groups is 1. The summed E-state index contributed by atoms with van der Waals surface area (Å²) in [6.07, 6.45) is 1.56. The maximum absolute atomic E-state index is 13.2. The van der Waals surface area contributed by atoms with Gasteiger partial charge in [-0.05, 0) is 29.2 Å². The molecule has 0 bridgehead atoms. The molecule has 0 saturated carbocycles. The van der Waals surface area contributed by atoms with Crippen LogP contribution >= 0.6 is 11.8 Å². The molecule has 0 saturated heterocycles. The molecule has 1 aliphatic rings. The number of rotatable bonds is 3. The maximum atomic E-state index is 13.2. The van der Waals surface area contributed by atoms with Crippen LogP contribution in [0.3, 0.4) is 0 Å². The van der Waals surface area contributed by atoms with E-state index in [1.165, 1.54) is 11.8 Å². The second-order valence-electron chi connectivity index (χ2n) is 7.16. The van der Waals surface area contributed by atoms with Gasteiger partial charge in [0.15, 0.2) is 5.69 Å². The van der Waals surface area contributed by atoms with Gasteiger partial charge in [-0.1, -0.05) is 73.3 Å². The van der Waals surface area contributed by atoms with E-state index in [1.807, 2.05) is 61.7 Å². The number of thioether (sulfide) groups is 1. The van der Waals surface area contributed by atoms with Gasteiger partial charge in [-0.15, -0.1) is 10.2 Å². The van der Waals surface area contributed by atoms with Crippen LogP contribution in [-0.2, 0) is 4.79 Å². The second kappa shape index (κ2) is 8.00. The summed E-state index contributed by atoms with van der Waals surface area (Å²) in [6.45, 7) is 1.85. The van der Waals surface area contributed by atoms with Gasteiger partial charge >= 0.3 is 0 Å². The zero-order chi connectivity index (χ0) is 21.4. The highest BCUT2D eigenvalue weighted by Crippen LogP contribution is 2.43. The normalized spacial score (nSPS) is 15.0. The first-order chi connectivity index (χ1) is 15.2. The molecule has 0 fully saturated rings. The molecule has 1 aromatic heterocycles. The highest BCUT2D eigenvalue weighted by atomic mass is 32.2. The lowest BCUT2D eigenvalue weighted by Gasteiger charge is -2.30. The lowest BCUT2D eigenvalue weighted by Crippen LogP contribution is -2.37. The number of nitrogens with zero attached hydrogens (tertiary/aromatic N) is 4. The van der Waals surface area contributed by atoms with Crippen molar-refractivity contribution in [3.8, 4) is 17.1 Å². The molecule has 0 aliphatic carbocycles. The quantitative estimate of drug-likeness (QED) is 0.415. The first-order valence-corrected chi connectivity index (χ1v) is 11.3. The lowest BCUT2D eigenvalue weighted by molar-refractivity contribution is -0.120. The summed E-state index contributed by atoms with van der Waals surface area (Å²) in [4.78, 5) is 19.5. The highest BCUT2D eigenvalue weighted by molar-refractivity contribution is 7.98. The van der Waals surface area contributed by atoms with Crippen LogP contribution in [0.2, 0.25) is 0 Å². The minimum atomic E-state index is -0.675. The Labute approximate surface area is 184 Å². The molecule has 3 aromatic carbocycles. The van der Waals surface area contributed by atoms with E-state index in [1.54, 1.807) is 4.90 Å². The Hall–Kier alpha value is -3.45. The van der Waals surface area contributed by atoms with Gasteiger partial charge in [0.2, 0.25) is 23.2 Å². The zero-order valence-electron chi connectivity index (χ0n) is 17.1. The molecule has 2 heterocycles. The number of para-hydroxylation sites is 1. The van der Waals surface area contributed by atoms with Gasteiger partial charge in [0, 0.05) is 17.5 Å².